The van der Waals surface area contributed by atoms with Gasteiger partial charge in [0.25, 0.3) is 0 Å². The van der Waals surface area contributed by atoms with Crippen LogP contribution in [0.4, 0.5) is 0 Å². The Kier molecular flexibility index (Phi) is 5.13. The number of aromatic nitrogens is 1. The average molecular weight is 330 g/mol. The van der Waals surface area contributed by atoms with E-state index in [-0.39, 0.29) is 5.75 Å². The maximum absolute atomic E-state index is 12.1. The molecule has 0 saturated carbocycles. The first-order valence-corrected chi connectivity index (χ1v) is 9.19. The molecular formula is C13H18N2O4S2. The van der Waals surface area contributed by atoms with Gasteiger partial charge < -0.3 is 5.11 Å². The van der Waals surface area contributed by atoms with Crippen LogP contribution >= 0.6 is 11.3 Å². The molecule has 0 bridgehead atoms. The van der Waals surface area contributed by atoms with Crippen LogP contribution in [-0.2, 0) is 21.2 Å². The Balaban J connectivity index is 1.92. The lowest BCUT2D eigenvalue weighted by molar-refractivity contribution is -0.142. The molecule has 2 rings (SSSR count). The molecule has 2 atom stereocenters. The molecule has 1 heterocycles. The fraction of sp³-hybridized carbons (Fsp3) is 0.538. The number of hydrogen-bond donors (Lipinski definition) is 2. The number of nitrogens with one attached hydrogen (secondary N) is 1. The van der Waals surface area contributed by atoms with Gasteiger partial charge in [-0.15, -0.1) is 11.3 Å². The van der Waals surface area contributed by atoms with Crippen molar-refractivity contribution >= 4 is 27.3 Å². The zero-order valence-corrected chi connectivity index (χ0v) is 13.3. The molecule has 0 saturated heterocycles. The van der Waals surface area contributed by atoms with Crippen LogP contribution in [0.1, 0.15) is 23.4 Å². The maximum atomic E-state index is 12.1. The molecule has 8 heteroatoms. The second-order valence-corrected chi connectivity index (χ2v) is 7.90. The van der Waals surface area contributed by atoms with Crippen LogP contribution in [0.25, 0.3) is 0 Å². The van der Waals surface area contributed by atoms with Gasteiger partial charge in [0, 0.05) is 10.9 Å². The lowest BCUT2D eigenvalue weighted by Gasteiger charge is -2.22. The number of aliphatic carboxylic acids is 1. The summed E-state index contributed by atoms with van der Waals surface area (Å²) in [6, 6.07) is -0.438. The number of sulfonamides is 1. The first kappa shape index (κ1) is 16.1. The number of rotatable bonds is 6. The van der Waals surface area contributed by atoms with E-state index in [1.165, 1.54) is 11.3 Å². The number of carbonyl (C=O) groups is 1. The van der Waals surface area contributed by atoms with E-state index >= 15 is 0 Å². The van der Waals surface area contributed by atoms with Gasteiger partial charge in [-0.2, -0.15) is 0 Å². The highest BCUT2D eigenvalue weighted by Crippen LogP contribution is 2.20. The van der Waals surface area contributed by atoms with E-state index < -0.39 is 28.0 Å². The summed E-state index contributed by atoms with van der Waals surface area (Å²) in [7, 11) is -3.44. The summed E-state index contributed by atoms with van der Waals surface area (Å²) in [4.78, 5) is 16.0. The number of thiazole rings is 1. The fourth-order valence-electron chi connectivity index (χ4n) is 2.26. The van der Waals surface area contributed by atoms with Crippen LogP contribution in [0, 0.1) is 12.8 Å². The number of aryl methyl sites for hydroxylation is 2. The zero-order chi connectivity index (χ0) is 15.5. The Morgan fingerprint density at radius 1 is 1.57 bits per heavy atom. The first-order chi connectivity index (χ1) is 9.87. The normalized spacial score (nSPS) is 22.3. The molecule has 0 aromatic carbocycles. The molecule has 0 spiro atoms. The molecule has 1 aromatic rings. The molecule has 0 fully saturated rings. The van der Waals surface area contributed by atoms with E-state index in [2.05, 4.69) is 9.71 Å². The van der Waals surface area contributed by atoms with Crippen molar-refractivity contribution < 1.29 is 18.3 Å². The van der Waals surface area contributed by atoms with Gasteiger partial charge in [0.1, 0.15) is 0 Å². The number of carboxylic acids is 1. The molecular weight excluding hydrogens is 312 g/mol. The molecule has 0 unspecified atom stereocenters. The average Bonchev–Trinajstić information content (AvgIpc) is 2.82. The van der Waals surface area contributed by atoms with Crippen molar-refractivity contribution in [1.82, 2.24) is 9.71 Å². The largest absolute Gasteiger partial charge is 0.481 e. The highest BCUT2D eigenvalue weighted by atomic mass is 32.2. The predicted molar refractivity (Wildman–Crippen MR) is 80.8 cm³/mol. The van der Waals surface area contributed by atoms with E-state index in [1.807, 2.05) is 6.92 Å². The van der Waals surface area contributed by atoms with Gasteiger partial charge in [-0.3, -0.25) is 4.79 Å². The number of carboxylic acid groups (broad SMARTS) is 1. The predicted octanol–water partition coefficient (Wildman–Crippen LogP) is 1.33. The molecule has 1 aliphatic rings. The van der Waals surface area contributed by atoms with Gasteiger partial charge in [-0.1, -0.05) is 12.2 Å². The summed E-state index contributed by atoms with van der Waals surface area (Å²) in [5.74, 6) is -1.42. The molecule has 2 N–H and O–H groups in total. The van der Waals surface area contributed by atoms with E-state index in [1.54, 1.807) is 17.7 Å². The molecule has 0 amide bonds. The molecule has 1 aromatic heterocycles. The van der Waals surface area contributed by atoms with E-state index in [4.69, 9.17) is 5.11 Å². The minimum atomic E-state index is -3.44. The summed E-state index contributed by atoms with van der Waals surface area (Å²) in [5, 5.41) is 9.00. The summed E-state index contributed by atoms with van der Waals surface area (Å²) in [6.45, 7) is 1.85. The van der Waals surface area contributed by atoms with Crippen molar-refractivity contribution in [3.63, 3.8) is 0 Å². The number of allylic oxidation sites excluding steroid dienone is 1. The minimum Gasteiger partial charge on any atom is -0.481 e. The molecule has 116 valence electrons. The Morgan fingerprint density at radius 3 is 2.95 bits per heavy atom. The number of nitrogens with zero attached hydrogens (tertiary/aromatic N) is 1. The van der Waals surface area contributed by atoms with Gasteiger partial charge in [0.2, 0.25) is 10.0 Å². The highest BCUT2D eigenvalue weighted by molar-refractivity contribution is 7.89. The Bertz CT molecular complexity index is 636. The highest BCUT2D eigenvalue weighted by Gasteiger charge is 2.26. The van der Waals surface area contributed by atoms with Crippen molar-refractivity contribution in [3.05, 3.63) is 28.2 Å². The quantitative estimate of drug-likeness (QED) is 0.767. The van der Waals surface area contributed by atoms with Gasteiger partial charge in [0.05, 0.1) is 22.9 Å². The smallest absolute Gasteiger partial charge is 0.306 e. The monoisotopic (exact) mass is 330 g/mol. The summed E-state index contributed by atoms with van der Waals surface area (Å²) in [6.07, 6.45) is 4.63. The Morgan fingerprint density at radius 2 is 2.33 bits per heavy atom. The van der Waals surface area contributed by atoms with E-state index in [0.29, 0.717) is 19.3 Å². The standard InChI is InChI=1S/C13H18N2O4S2/c1-9-12(20-8-14-9)5-6-21(18,19)15-11-4-2-3-10(7-11)13(16)17/h2,4,8,10-11,15H,3,5-7H2,1H3,(H,16,17)/t10-,11-/m0/s1. The maximum Gasteiger partial charge on any atom is 0.306 e. The second kappa shape index (κ2) is 6.67. The Labute approximate surface area is 128 Å². The van der Waals surface area contributed by atoms with Crippen LogP contribution in [0.15, 0.2) is 17.7 Å². The van der Waals surface area contributed by atoms with Gasteiger partial charge in [-0.25, -0.2) is 18.1 Å². The van der Waals surface area contributed by atoms with E-state index in [9.17, 15) is 13.2 Å². The van der Waals surface area contributed by atoms with Gasteiger partial charge >= 0.3 is 5.97 Å². The first-order valence-electron chi connectivity index (χ1n) is 6.66. The SMILES string of the molecule is Cc1ncsc1CCS(=O)(=O)N[C@H]1C=CC[C@H](C(=O)O)C1. The fourth-order valence-corrected chi connectivity index (χ4v) is 4.40. The van der Waals surface area contributed by atoms with Crippen molar-refractivity contribution in [2.45, 2.75) is 32.2 Å². The third-order valence-corrected chi connectivity index (χ3v) is 5.85. The molecule has 6 nitrogen and oxygen atoms in total. The van der Waals surface area contributed by atoms with Crippen molar-refractivity contribution in [2.24, 2.45) is 5.92 Å². The lowest BCUT2D eigenvalue weighted by Crippen LogP contribution is -2.39. The summed E-state index contributed by atoms with van der Waals surface area (Å²) >= 11 is 1.45. The van der Waals surface area contributed by atoms with Gasteiger partial charge in [0.15, 0.2) is 0 Å². The summed E-state index contributed by atoms with van der Waals surface area (Å²) < 4.78 is 26.7. The molecule has 0 aliphatic heterocycles. The minimum absolute atomic E-state index is 0.0158. The molecule has 1 aliphatic carbocycles. The van der Waals surface area contributed by atoms with E-state index in [0.717, 1.165) is 10.6 Å². The molecule has 0 radical (unpaired) electrons. The van der Waals surface area contributed by atoms with Crippen LogP contribution in [0.3, 0.4) is 0 Å². The van der Waals surface area contributed by atoms with Gasteiger partial charge in [-0.05, 0) is 26.2 Å². The van der Waals surface area contributed by atoms with Crippen molar-refractivity contribution in [2.75, 3.05) is 5.75 Å². The summed E-state index contributed by atoms with van der Waals surface area (Å²) in [5.41, 5.74) is 2.56. The van der Waals surface area contributed by atoms with Crippen LogP contribution in [0.2, 0.25) is 0 Å². The van der Waals surface area contributed by atoms with Crippen LogP contribution in [-0.4, -0.2) is 36.3 Å². The van der Waals surface area contributed by atoms with Crippen molar-refractivity contribution in [1.29, 1.82) is 0 Å². The molecule has 21 heavy (non-hydrogen) atoms. The Hall–Kier alpha value is -1.25. The third-order valence-electron chi connectivity index (χ3n) is 3.45. The lowest BCUT2D eigenvalue weighted by atomic mass is 9.92. The van der Waals surface area contributed by atoms with Crippen LogP contribution < -0.4 is 4.72 Å². The topological polar surface area (TPSA) is 96.4 Å². The van der Waals surface area contributed by atoms with Crippen LogP contribution in [0.5, 0.6) is 0 Å². The van der Waals surface area contributed by atoms with Crippen molar-refractivity contribution in [3.8, 4) is 0 Å². The number of hydrogen-bond acceptors (Lipinski definition) is 5. The third kappa shape index (κ3) is 4.62. The second-order valence-electron chi connectivity index (χ2n) is 5.09. The zero-order valence-electron chi connectivity index (χ0n) is 11.7.